The van der Waals surface area contributed by atoms with Crippen LogP contribution in [0.25, 0.3) is 5.65 Å². The van der Waals surface area contributed by atoms with E-state index in [9.17, 15) is 9.59 Å². The van der Waals surface area contributed by atoms with Crippen molar-refractivity contribution in [2.45, 2.75) is 33.3 Å². The Kier molecular flexibility index (Phi) is 4.98. The second kappa shape index (κ2) is 6.64. The third kappa shape index (κ3) is 3.76. The van der Waals surface area contributed by atoms with Crippen molar-refractivity contribution in [2.75, 3.05) is 18.6 Å². The predicted octanol–water partition coefficient (Wildman–Crippen LogP) is 2.93. The van der Waals surface area contributed by atoms with E-state index in [1.54, 1.807) is 27.7 Å². The number of ether oxygens (including phenoxy) is 2. The molecule has 0 bridgehead atoms. The minimum absolute atomic E-state index is 0.110. The lowest BCUT2D eigenvalue weighted by molar-refractivity contribution is 0.0527. The van der Waals surface area contributed by atoms with Crippen molar-refractivity contribution in [1.82, 2.24) is 14.6 Å². The van der Waals surface area contributed by atoms with Crippen molar-refractivity contribution in [2.24, 2.45) is 0 Å². The molecule has 0 aliphatic carbocycles. The maximum atomic E-state index is 12.3. The van der Waals surface area contributed by atoms with E-state index in [0.717, 1.165) is 0 Å². The zero-order chi connectivity index (χ0) is 18.1. The fourth-order valence-corrected chi connectivity index (χ4v) is 2.11. The van der Waals surface area contributed by atoms with Gasteiger partial charge in [0.25, 0.3) is 0 Å². The first-order valence-corrected chi connectivity index (χ1v) is 7.70. The third-order valence-electron chi connectivity index (χ3n) is 2.93. The van der Waals surface area contributed by atoms with Gasteiger partial charge in [-0.05, 0) is 27.7 Å². The molecule has 0 saturated carbocycles. The molecule has 2 heterocycles. The smallest absolute Gasteiger partial charge is 0.415 e. The van der Waals surface area contributed by atoms with Gasteiger partial charge in [-0.15, -0.1) is 0 Å². The number of halogens is 1. The summed E-state index contributed by atoms with van der Waals surface area (Å²) in [5, 5.41) is 4.22. The molecule has 0 atom stereocenters. The van der Waals surface area contributed by atoms with Gasteiger partial charge in [0.1, 0.15) is 22.1 Å². The van der Waals surface area contributed by atoms with Crippen LogP contribution < -0.4 is 4.90 Å². The van der Waals surface area contributed by atoms with Crippen LogP contribution in [0.3, 0.4) is 0 Å². The molecule has 130 valence electrons. The summed E-state index contributed by atoms with van der Waals surface area (Å²) in [5.41, 5.74) is -0.286. The molecular formula is C15H19ClN4O4. The number of hydrogen-bond acceptors (Lipinski definition) is 6. The van der Waals surface area contributed by atoms with Gasteiger partial charge in [0.15, 0.2) is 5.65 Å². The van der Waals surface area contributed by atoms with Crippen molar-refractivity contribution in [1.29, 1.82) is 0 Å². The van der Waals surface area contributed by atoms with Gasteiger partial charge in [0.05, 0.1) is 12.8 Å². The summed E-state index contributed by atoms with van der Waals surface area (Å²) in [6, 6.07) is 1.46. The zero-order valence-corrected chi connectivity index (χ0v) is 14.9. The Balaban J connectivity index is 2.48. The van der Waals surface area contributed by atoms with Gasteiger partial charge < -0.3 is 9.47 Å². The summed E-state index contributed by atoms with van der Waals surface area (Å²) in [7, 11) is 1.52. The van der Waals surface area contributed by atoms with Crippen molar-refractivity contribution in [3.05, 3.63) is 23.0 Å². The Morgan fingerprint density at radius 1 is 1.38 bits per heavy atom. The van der Waals surface area contributed by atoms with Gasteiger partial charge >= 0.3 is 12.1 Å². The highest BCUT2D eigenvalue weighted by Crippen LogP contribution is 2.23. The van der Waals surface area contributed by atoms with E-state index in [-0.39, 0.29) is 23.0 Å². The van der Waals surface area contributed by atoms with Gasteiger partial charge in [-0.25, -0.2) is 14.6 Å². The first-order valence-electron chi connectivity index (χ1n) is 7.32. The molecule has 0 aliphatic heterocycles. The number of aromatic nitrogens is 3. The number of hydrogen-bond donors (Lipinski definition) is 0. The molecule has 0 aromatic carbocycles. The summed E-state index contributed by atoms with van der Waals surface area (Å²) < 4.78 is 11.6. The number of carbonyl (C=O) groups is 2. The fourth-order valence-electron chi connectivity index (χ4n) is 1.93. The monoisotopic (exact) mass is 354 g/mol. The van der Waals surface area contributed by atoms with Crippen molar-refractivity contribution < 1.29 is 19.1 Å². The molecule has 0 saturated heterocycles. The van der Waals surface area contributed by atoms with Crippen LogP contribution in [0.1, 0.15) is 38.1 Å². The van der Waals surface area contributed by atoms with Gasteiger partial charge in [-0.2, -0.15) is 9.61 Å². The minimum atomic E-state index is -0.651. The lowest BCUT2D eigenvalue weighted by atomic mass is 10.2. The molecule has 2 aromatic heterocycles. The second-order valence-electron chi connectivity index (χ2n) is 5.99. The third-order valence-corrected chi connectivity index (χ3v) is 3.12. The Morgan fingerprint density at radius 2 is 2.04 bits per heavy atom. The van der Waals surface area contributed by atoms with E-state index in [0.29, 0.717) is 5.82 Å². The number of carbonyl (C=O) groups excluding carboxylic acids is 2. The Bertz CT molecular complexity index is 782. The maximum absolute atomic E-state index is 12.3. The minimum Gasteiger partial charge on any atom is -0.462 e. The van der Waals surface area contributed by atoms with E-state index in [1.807, 2.05) is 0 Å². The molecule has 8 nitrogen and oxygen atoms in total. The summed E-state index contributed by atoms with van der Waals surface area (Å²) in [6.07, 6.45) is 0.738. The number of rotatable bonds is 3. The van der Waals surface area contributed by atoms with Crippen LogP contribution in [-0.2, 0) is 9.47 Å². The topological polar surface area (TPSA) is 86.0 Å². The molecule has 0 radical (unpaired) electrons. The van der Waals surface area contributed by atoms with E-state index >= 15 is 0 Å². The predicted molar refractivity (Wildman–Crippen MR) is 88.6 cm³/mol. The molecule has 2 rings (SSSR count). The van der Waals surface area contributed by atoms with Gasteiger partial charge in [-0.3, -0.25) is 4.90 Å². The first-order chi connectivity index (χ1) is 11.1. The second-order valence-corrected chi connectivity index (χ2v) is 6.38. The highest BCUT2D eigenvalue weighted by Gasteiger charge is 2.25. The molecule has 0 unspecified atom stereocenters. The average Bonchev–Trinajstić information content (AvgIpc) is 2.87. The van der Waals surface area contributed by atoms with Crippen LogP contribution in [0, 0.1) is 0 Å². The first kappa shape index (κ1) is 18.0. The quantitative estimate of drug-likeness (QED) is 0.622. The highest BCUT2D eigenvalue weighted by atomic mass is 35.5. The molecular weight excluding hydrogens is 336 g/mol. The van der Waals surface area contributed by atoms with Crippen molar-refractivity contribution >= 4 is 35.1 Å². The lowest BCUT2D eigenvalue weighted by Gasteiger charge is -2.24. The Labute approximate surface area is 144 Å². The van der Waals surface area contributed by atoms with Crippen LogP contribution in [0.15, 0.2) is 12.3 Å². The number of anilines is 1. The summed E-state index contributed by atoms with van der Waals surface area (Å²) in [4.78, 5) is 29.6. The van der Waals surface area contributed by atoms with E-state index < -0.39 is 17.7 Å². The lowest BCUT2D eigenvalue weighted by Crippen LogP contribution is -2.35. The van der Waals surface area contributed by atoms with Crippen molar-refractivity contribution in [3.63, 3.8) is 0 Å². The standard InChI is InChI=1S/C15H19ClN4O4/c1-6-23-13(21)9-8-17-20-11(7-10(16)18-12(9)20)19(5)14(22)24-15(2,3)4/h7-8H,6H2,1-5H3. The largest absolute Gasteiger partial charge is 0.462 e. The molecule has 2 aromatic rings. The summed E-state index contributed by atoms with van der Waals surface area (Å²) in [5.74, 6) is -0.247. The number of nitrogens with zero attached hydrogens (tertiary/aromatic N) is 4. The van der Waals surface area contributed by atoms with Crippen molar-refractivity contribution in [3.8, 4) is 0 Å². The SMILES string of the molecule is CCOC(=O)c1cnn2c(N(C)C(=O)OC(C)(C)C)cc(Cl)nc12. The fraction of sp³-hybridized carbons (Fsp3) is 0.467. The molecule has 0 spiro atoms. The maximum Gasteiger partial charge on any atom is 0.415 e. The summed E-state index contributed by atoms with van der Waals surface area (Å²) in [6.45, 7) is 7.22. The van der Waals surface area contributed by atoms with E-state index in [2.05, 4.69) is 10.1 Å². The normalized spacial score (nSPS) is 11.4. The Morgan fingerprint density at radius 3 is 2.62 bits per heavy atom. The molecule has 0 aliphatic rings. The van der Waals surface area contributed by atoms with E-state index in [4.69, 9.17) is 21.1 Å². The number of esters is 1. The number of fused-ring (bicyclic) bond motifs is 1. The molecule has 0 fully saturated rings. The average molecular weight is 355 g/mol. The van der Waals surface area contributed by atoms with Gasteiger partial charge in [0, 0.05) is 13.1 Å². The Hall–Kier alpha value is -2.35. The molecule has 24 heavy (non-hydrogen) atoms. The number of amides is 1. The molecule has 0 N–H and O–H groups in total. The van der Waals surface area contributed by atoms with Crippen LogP contribution >= 0.6 is 11.6 Å². The van der Waals surface area contributed by atoms with Gasteiger partial charge in [0.2, 0.25) is 0 Å². The molecule has 1 amide bonds. The highest BCUT2D eigenvalue weighted by molar-refractivity contribution is 6.30. The zero-order valence-electron chi connectivity index (χ0n) is 14.2. The van der Waals surface area contributed by atoms with Crippen LogP contribution in [0.4, 0.5) is 10.6 Å². The van der Waals surface area contributed by atoms with Crippen LogP contribution in [0.5, 0.6) is 0 Å². The van der Waals surface area contributed by atoms with Crippen LogP contribution in [-0.4, -0.2) is 45.9 Å². The van der Waals surface area contributed by atoms with Gasteiger partial charge in [-0.1, -0.05) is 11.6 Å². The molecule has 9 heteroatoms. The van der Waals surface area contributed by atoms with E-state index in [1.165, 1.54) is 28.7 Å². The van der Waals surface area contributed by atoms with Crippen LogP contribution in [0.2, 0.25) is 5.15 Å². The summed E-state index contributed by atoms with van der Waals surface area (Å²) >= 11 is 6.03.